The monoisotopic (exact) mass is 369 g/mol. The van der Waals surface area contributed by atoms with Crippen LogP contribution in [0.1, 0.15) is 46.0 Å². The van der Waals surface area contributed by atoms with Gasteiger partial charge in [-0.1, -0.05) is 19.8 Å². The minimum Gasteiger partial charge on any atom is -0.352 e. The molecule has 25 heavy (non-hydrogen) atoms. The minimum atomic E-state index is -3.65. The standard InChI is InChI=1S/C17H27N3O4S/c1-3-14(2)18-16(21)13-19-12-15(8-9-17(19)22)25(23,24)20-10-6-4-5-7-11-20/h8-9,12,14H,3-7,10-11,13H2,1-2H3,(H,18,21)/t14-/m0/s1. The summed E-state index contributed by atoms with van der Waals surface area (Å²) in [5.74, 6) is -0.305. The molecule has 1 aliphatic heterocycles. The number of pyridine rings is 1. The Hall–Kier alpha value is -1.67. The summed E-state index contributed by atoms with van der Waals surface area (Å²) in [6.07, 6.45) is 5.80. The Morgan fingerprint density at radius 3 is 2.44 bits per heavy atom. The number of hydrogen-bond acceptors (Lipinski definition) is 4. The maximum absolute atomic E-state index is 12.8. The molecule has 0 aliphatic carbocycles. The molecule has 1 aromatic rings. The predicted molar refractivity (Wildman–Crippen MR) is 95.8 cm³/mol. The summed E-state index contributed by atoms with van der Waals surface area (Å²) < 4.78 is 28.3. The van der Waals surface area contributed by atoms with Crippen LogP contribution in [0.5, 0.6) is 0 Å². The third kappa shape index (κ3) is 5.15. The van der Waals surface area contributed by atoms with Gasteiger partial charge in [-0.15, -0.1) is 0 Å². The van der Waals surface area contributed by atoms with Crippen molar-refractivity contribution in [2.75, 3.05) is 13.1 Å². The zero-order chi connectivity index (χ0) is 18.4. The largest absolute Gasteiger partial charge is 0.352 e. The van der Waals surface area contributed by atoms with Gasteiger partial charge in [-0.05, 0) is 32.3 Å². The summed E-state index contributed by atoms with van der Waals surface area (Å²) in [6.45, 7) is 4.63. The molecule has 2 heterocycles. The highest BCUT2D eigenvalue weighted by atomic mass is 32.2. The average molecular weight is 369 g/mol. The first-order valence-electron chi connectivity index (χ1n) is 8.84. The average Bonchev–Trinajstić information content (AvgIpc) is 2.86. The van der Waals surface area contributed by atoms with Crippen LogP contribution in [0.3, 0.4) is 0 Å². The topological polar surface area (TPSA) is 88.5 Å². The molecule has 1 aromatic heterocycles. The molecular formula is C17H27N3O4S. The van der Waals surface area contributed by atoms with Crippen molar-refractivity contribution in [2.45, 2.75) is 63.4 Å². The lowest BCUT2D eigenvalue weighted by atomic mass is 10.2. The van der Waals surface area contributed by atoms with Gasteiger partial charge in [0.05, 0.1) is 4.90 Å². The highest BCUT2D eigenvalue weighted by molar-refractivity contribution is 7.89. The maximum atomic E-state index is 12.8. The van der Waals surface area contributed by atoms with E-state index in [9.17, 15) is 18.0 Å². The lowest BCUT2D eigenvalue weighted by Gasteiger charge is -2.20. The summed E-state index contributed by atoms with van der Waals surface area (Å²) >= 11 is 0. The van der Waals surface area contributed by atoms with E-state index in [4.69, 9.17) is 0 Å². The second-order valence-corrected chi connectivity index (χ2v) is 8.46. The number of carbonyl (C=O) groups excluding carboxylic acids is 1. The Morgan fingerprint density at radius 1 is 1.20 bits per heavy atom. The highest BCUT2D eigenvalue weighted by Crippen LogP contribution is 2.19. The van der Waals surface area contributed by atoms with Crippen LogP contribution in [0.15, 0.2) is 28.0 Å². The van der Waals surface area contributed by atoms with Crippen molar-refractivity contribution in [3.63, 3.8) is 0 Å². The van der Waals surface area contributed by atoms with Gasteiger partial charge in [0.1, 0.15) is 6.54 Å². The molecule has 1 aliphatic rings. The fourth-order valence-corrected chi connectivity index (χ4v) is 4.33. The maximum Gasteiger partial charge on any atom is 0.251 e. The van der Waals surface area contributed by atoms with Gasteiger partial charge in [0.15, 0.2) is 0 Å². The van der Waals surface area contributed by atoms with E-state index in [1.165, 1.54) is 22.6 Å². The van der Waals surface area contributed by atoms with Crippen LogP contribution in [-0.4, -0.2) is 42.3 Å². The van der Waals surface area contributed by atoms with Gasteiger partial charge in [0.25, 0.3) is 5.56 Å². The summed E-state index contributed by atoms with van der Waals surface area (Å²) in [5, 5.41) is 2.78. The van der Waals surface area contributed by atoms with Crippen LogP contribution in [0.4, 0.5) is 0 Å². The van der Waals surface area contributed by atoms with E-state index in [0.29, 0.717) is 13.1 Å². The lowest BCUT2D eigenvalue weighted by Crippen LogP contribution is -2.37. The van der Waals surface area contributed by atoms with E-state index in [-0.39, 0.29) is 23.4 Å². The summed E-state index contributed by atoms with van der Waals surface area (Å²) in [6, 6.07) is 2.54. The molecular weight excluding hydrogens is 342 g/mol. The number of hydrogen-bond donors (Lipinski definition) is 1. The van der Waals surface area contributed by atoms with E-state index in [2.05, 4.69) is 5.32 Å². The minimum absolute atomic E-state index is 0.00668. The van der Waals surface area contributed by atoms with Gasteiger partial charge in [0, 0.05) is 31.4 Å². The molecule has 0 radical (unpaired) electrons. The number of aromatic nitrogens is 1. The van der Waals surface area contributed by atoms with Gasteiger partial charge >= 0.3 is 0 Å². The number of nitrogens with zero attached hydrogens (tertiary/aromatic N) is 2. The summed E-state index contributed by atoms with van der Waals surface area (Å²) in [7, 11) is -3.65. The molecule has 2 rings (SSSR count). The van der Waals surface area contributed by atoms with Crippen molar-refractivity contribution in [2.24, 2.45) is 0 Å². The smallest absolute Gasteiger partial charge is 0.251 e. The van der Waals surface area contributed by atoms with Crippen molar-refractivity contribution in [3.05, 3.63) is 28.7 Å². The molecule has 1 saturated heterocycles. The quantitative estimate of drug-likeness (QED) is 0.819. The second-order valence-electron chi connectivity index (χ2n) is 6.53. The molecule has 1 fully saturated rings. The van der Waals surface area contributed by atoms with Crippen LogP contribution in [0, 0.1) is 0 Å². The Balaban J connectivity index is 2.22. The number of nitrogens with one attached hydrogen (secondary N) is 1. The molecule has 7 nitrogen and oxygen atoms in total. The zero-order valence-corrected chi connectivity index (χ0v) is 15.7. The van der Waals surface area contributed by atoms with E-state index >= 15 is 0 Å². The number of carbonyl (C=O) groups is 1. The van der Waals surface area contributed by atoms with Crippen molar-refractivity contribution < 1.29 is 13.2 Å². The molecule has 0 spiro atoms. The van der Waals surface area contributed by atoms with Crippen LogP contribution in [0.25, 0.3) is 0 Å². The molecule has 1 N–H and O–H groups in total. The molecule has 0 bridgehead atoms. The third-order valence-electron chi connectivity index (χ3n) is 4.49. The predicted octanol–water partition coefficient (Wildman–Crippen LogP) is 1.33. The van der Waals surface area contributed by atoms with Gasteiger partial charge in [-0.25, -0.2) is 8.42 Å². The third-order valence-corrected chi connectivity index (χ3v) is 6.38. The van der Waals surface area contributed by atoms with E-state index in [1.54, 1.807) is 0 Å². The van der Waals surface area contributed by atoms with Gasteiger partial charge in [0.2, 0.25) is 15.9 Å². The fraction of sp³-hybridized carbons (Fsp3) is 0.647. The zero-order valence-electron chi connectivity index (χ0n) is 14.9. The Bertz CT molecular complexity index is 749. The Morgan fingerprint density at radius 2 is 1.84 bits per heavy atom. The highest BCUT2D eigenvalue weighted by Gasteiger charge is 2.26. The van der Waals surface area contributed by atoms with Gasteiger partial charge < -0.3 is 9.88 Å². The Labute approximate surface area is 149 Å². The van der Waals surface area contributed by atoms with E-state index in [1.807, 2.05) is 13.8 Å². The SMILES string of the molecule is CC[C@H](C)NC(=O)Cn1cc(S(=O)(=O)N2CCCCCC2)ccc1=O. The normalized spacial score (nSPS) is 17.7. The van der Waals surface area contributed by atoms with Crippen LogP contribution >= 0.6 is 0 Å². The molecule has 0 unspecified atom stereocenters. The molecule has 0 aromatic carbocycles. The first-order valence-corrected chi connectivity index (χ1v) is 10.3. The first-order chi connectivity index (χ1) is 11.8. The molecule has 1 atom stereocenters. The van der Waals surface area contributed by atoms with Crippen molar-refractivity contribution in [1.29, 1.82) is 0 Å². The van der Waals surface area contributed by atoms with E-state index in [0.717, 1.165) is 36.7 Å². The second kappa shape index (κ2) is 8.62. The van der Waals surface area contributed by atoms with Crippen molar-refractivity contribution in [3.8, 4) is 0 Å². The fourth-order valence-electron chi connectivity index (χ4n) is 2.79. The molecule has 140 valence electrons. The number of rotatable bonds is 6. The summed E-state index contributed by atoms with van der Waals surface area (Å²) in [5.41, 5.74) is -0.394. The van der Waals surface area contributed by atoms with Crippen molar-refractivity contribution in [1.82, 2.24) is 14.2 Å². The van der Waals surface area contributed by atoms with Gasteiger partial charge in [-0.2, -0.15) is 4.31 Å². The van der Waals surface area contributed by atoms with Crippen LogP contribution in [-0.2, 0) is 21.4 Å². The molecule has 1 amide bonds. The first kappa shape index (κ1) is 19.7. The lowest BCUT2D eigenvalue weighted by molar-refractivity contribution is -0.122. The van der Waals surface area contributed by atoms with E-state index < -0.39 is 15.6 Å². The molecule has 8 heteroatoms. The van der Waals surface area contributed by atoms with Crippen molar-refractivity contribution >= 4 is 15.9 Å². The Kier molecular flexibility index (Phi) is 6.78. The molecule has 0 saturated carbocycles. The van der Waals surface area contributed by atoms with Crippen LogP contribution in [0.2, 0.25) is 0 Å². The number of sulfonamides is 1. The van der Waals surface area contributed by atoms with Gasteiger partial charge in [-0.3, -0.25) is 9.59 Å². The summed E-state index contributed by atoms with van der Waals surface area (Å²) in [4.78, 5) is 24.1. The van der Waals surface area contributed by atoms with Crippen LogP contribution < -0.4 is 10.9 Å². The number of amides is 1.